The van der Waals surface area contributed by atoms with Crippen molar-refractivity contribution in [2.24, 2.45) is 0 Å². The van der Waals surface area contributed by atoms with E-state index in [1.54, 1.807) is 36.8 Å². The number of aromatic nitrogens is 1. The van der Waals surface area contributed by atoms with Crippen molar-refractivity contribution in [1.29, 1.82) is 0 Å². The molecule has 1 aromatic heterocycles. The second kappa shape index (κ2) is 9.09. The van der Waals surface area contributed by atoms with E-state index in [9.17, 15) is 9.59 Å². The number of amides is 2. The molecule has 3 aromatic rings. The van der Waals surface area contributed by atoms with Crippen LogP contribution in [0.4, 0.5) is 5.69 Å². The van der Waals surface area contributed by atoms with Gasteiger partial charge in [-0.05, 0) is 49.2 Å². The van der Waals surface area contributed by atoms with Gasteiger partial charge in [-0.15, -0.1) is 11.3 Å². The number of hydrogen-bond acceptors (Lipinski definition) is 5. The number of carbonyl (C=O) groups excluding carboxylic acids is 2. The average molecular weight is 422 g/mol. The Balaban J connectivity index is 1.47. The van der Waals surface area contributed by atoms with Crippen LogP contribution in [-0.4, -0.2) is 29.9 Å². The van der Waals surface area contributed by atoms with E-state index in [0.29, 0.717) is 16.9 Å². The van der Waals surface area contributed by atoms with Gasteiger partial charge in [0.25, 0.3) is 11.8 Å². The molecule has 2 amide bonds. The van der Waals surface area contributed by atoms with Crippen molar-refractivity contribution >= 4 is 28.8 Å². The van der Waals surface area contributed by atoms with Gasteiger partial charge in [0.05, 0.1) is 18.4 Å². The molecular weight excluding hydrogens is 398 g/mol. The molecule has 2 aromatic carbocycles. The highest BCUT2D eigenvalue weighted by molar-refractivity contribution is 7.13. The molecule has 6 nitrogen and oxygen atoms in total. The van der Waals surface area contributed by atoms with Crippen molar-refractivity contribution in [3.63, 3.8) is 0 Å². The lowest BCUT2D eigenvalue weighted by Crippen LogP contribution is -2.33. The summed E-state index contributed by atoms with van der Waals surface area (Å²) in [5.74, 6) is 0.267. The molecule has 1 saturated carbocycles. The maximum atomic E-state index is 12.8. The Morgan fingerprint density at radius 1 is 1.03 bits per heavy atom. The number of hydrogen-bond donors (Lipinski definition) is 2. The van der Waals surface area contributed by atoms with E-state index in [4.69, 9.17) is 4.74 Å². The Bertz CT molecular complexity index is 1040. The summed E-state index contributed by atoms with van der Waals surface area (Å²) >= 11 is 1.39. The molecule has 0 bridgehead atoms. The third kappa shape index (κ3) is 4.52. The second-order valence-electron chi connectivity index (χ2n) is 7.22. The van der Waals surface area contributed by atoms with Crippen molar-refractivity contribution < 1.29 is 14.3 Å². The fourth-order valence-electron chi connectivity index (χ4n) is 3.55. The fourth-order valence-corrected chi connectivity index (χ4v) is 4.36. The molecular formula is C23H23N3O3S. The normalized spacial score (nSPS) is 13.8. The van der Waals surface area contributed by atoms with Crippen LogP contribution in [0.1, 0.15) is 46.5 Å². The van der Waals surface area contributed by atoms with Crippen LogP contribution in [-0.2, 0) is 0 Å². The smallest absolute Gasteiger partial charge is 0.275 e. The van der Waals surface area contributed by atoms with Crippen molar-refractivity contribution in [3.05, 3.63) is 65.2 Å². The van der Waals surface area contributed by atoms with Gasteiger partial charge in [0.15, 0.2) is 0 Å². The van der Waals surface area contributed by atoms with Crippen LogP contribution in [0.15, 0.2) is 53.9 Å². The fraction of sp³-hybridized carbons (Fsp3) is 0.261. The zero-order valence-corrected chi connectivity index (χ0v) is 17.5. The Morgan fingerprint density at radius 2 is 1.77 bits per heavy atom. The summed E-state index contributed by atoms with van der Waals surface area (Å²) in [6.45, 7) is 0. The molecule has 0 saturated heterocycles. The van der Waals surface area contributed by atoms with Crippen LogP contribution < -0.4 is 15.4 Å². The number of carbonyl (C=O) groups is 2. The van der Waals surface area contributed by atoms with Gasteiger partial charge in [-0.2, -0.15) is 0 Å². The second-order valence-corrected chi connectivity index (χ2v) is 8.08. The molecule has 2 N–H and O–H groups in total. The van der Waals surface area contributed by atoms with Gasteiger partial charge < -0.3 is 15.4 Å². The number of nitrogens with zero attached hydrogens (tertiary/aromatic N) is 1. The van der Waals surface area contributed by atoms with E-state index in [1.807, 2.05) is 24.3 Å². The van der Waals surface area contributed by atoms with E-state index < -0.39 is 0 Å². The zero-order chi connectivity index (χ0) is 20.9. The lowest BCUT2D eigenvalue weighted by molar-refractivity contribution is 0.0938. The van der Waals surface area contributed by atoms with E-state index in [-0.39, 0.29) is 17.9 Å². The van der Waals surface area contributed by atoms with Crippen molar-refractivity contribution in [3.8, 4) is 16.3 Å². The van der Waals surface area contributed by atoms with Gasteiger partial charge in [-0.1, -0.05) is 25.0 Å². The molecule has 4 rings (SSSR count). The van der Waals surface area contributed by atoms with E-state index in [2.05, 4.69) is 15.6 Å². The Hall–Kier alpha value is -3.19. The lowest BCUT2D eigenvalue weighted by atomic mass is 10.1. The molecule has 0 atom stereocenters. The highest BCUT2D eigenvalue weighted by Crippen LogP contribution is 2.26. The minimum absolute atomic E-state index is 0.157. The standard InChI is InChI=1S/C23H23N3O3S/c1-29-17-12-10-15(11-13-17)23-26-20(14-30-23)22(28)25-19-9-5-4-8-18(19)21(27)24-16-6-2-3-7-16/h4-5,8-14,16H,2-3,6-7H2,1H3,(H,24,27)(H,25,28). The number of methoxy groups -OCH3 is 1. The largest absolute Gasteiger partial charge is 0.497 e. The maximum Gasteiger partial charge on any atom is 0.275 e. The van der Waals surface area contributed by atoms with Crippen LogP contribution in [0.2, 0.25) is 0 Å². The first-order valence-corrected chi connectivity index (χ1v) is 10.8. The lowest BCUT2D eigenvalue weighted by Gasteiger charge is -2.14. The monoisotopic (exact) mass is 421 g/mol. The van der Waals surface area contributed by atoms with Gasteiger partial charge >= 0.3 is 0 Å². The van der Waals surface area contributed by atoms with Crippen molar-refractivity contribution in [2.75, 3.05) is 12.4 Å². The molecule has 0 unspecified atom stereocenters. The molecule has 154 valence electrons. The number of anilines is 1. The van der Waals surface area contributed by atoms with Gasteiger partial charge in [0.1, 0.15) is 16.5 Å². The van der Waals surface area contributed by atoms with Gasteiger partial charge in [-0.25, -0.2) is 4.98 Å². The summed E-state index contributed by atoms with van der Waals surface area (Å²) in [6, 6.07) is 14.8. The highest BCUT2D eigenvalue weighted by Gasteiger charge is 2.21. The summed E-state index contributed by atoms with van der Waals surface area (Å²) in [6.07, 6.45) is 4.30. The van der Waals surface area contributed by atoms with Gasteiger partial charge in [-0.3, -0.25) is 9.59 Å². The number of ether oxygens (including phenoxy) is 1. The van der Waals surface area contributed by atoms with Crippen LogP contribution in [0.3, 0.4) is 0 Å². The first kappa shape index (κ1) is 20.1. The zero-order valence-electron chi connectivity index (χ0n) is 16.7. The topological polar surface area (TPSA) is 80.3 Å². The number of para-hydroxylation sites is 1. The van der Waals surface area contributed by atoms with E-state index in [0.717, 1.165) is 42.0 Å². The molecule has 0 aliphatic heterocycles. The van der Waals surface area contributed by atoms with Gasteiger partial charge in [0.2, 0.25) is 0 Å². The first-order chi connectivity index (χ1) is 14.6. The predicted molar refractivity (Wildman–Crippen MR) is 118 cm³/mol. The van der Waals surface area contributed by atoms with Crippen LogP contribution in [0, 0.1) is 0 Å². The summed E-state index contributed by atoms with van der Waals surface area (Å²) in [4.78, 5) is 29.9. The third-order valence-corrected chi connectivity index (χ3v) is 6.08. The molecule has 1 fully saturated rings. The SMILES string of the molecule is COc1ccc(-c2nc(C(=O)Nc3ccccc3C(=O)NC3CCCC3)cs2)cc1. The van der Waals surface area contributed by atoms with Crippen LogP contribution >= 0.6 is 11.3 Å². The highest BCUT2D eigenvalue weighted by atomic mass is 32.1. The predicted octanol–water partition coefficient (Wildman–Crippen LogP) is 4.74. The van der Waals surface area contributed by atoms with Crippen LogP contribution in [0.25, 0.3) is 10.6 Å². The molecule has 1 heterocycles. The van der Waals surface area contributed by atoms with Gasteiger partial charge in [0, 0.05) is 17.0 Å². The summed E-state index contributed by atoms with van der Waals surface area (Å²) < 4.78 is 5.17. The number of benzene rings is 2. The van der Waals surface area contributed by atoms with Crippen molar-refractivity contribution in [2.45, 2.75) is 31.7 Å². The Kier molecular flexibility index (Phi) is 6.09. The van der Waals surface area contributed by atoms with E-state index >= 15 is 0 Å². The molecule has 30 heavy (non-hydrogen) atoms. The summed E-state index contributed by atoms with van der Waals surface area (Å²) in [5, 5.41) is 8.37. The quantitative estimate of drug-likeness (QED) is 0.602. The third-order valence-electron chi connectivity index (χ3n) is 5.18. The molecule has 1 aliphatic rings. The van der Waals surface area contributed by atoms with Crippen LogP contribution in [0.5, 0.6) is 5.75 Å². The first-order valence-electron chi connectivity index (χ1n) is 9.95. The Morgan fingerprint density at radius 3 is 2.50 bits per heavy atom. The molecule has 0 spiro atoms. The molecule has 7 heteroatoms. The number of rotatable bonds is 6. The number of thiazole rings is 1. The number of nitrogens with one attached hydrogen (secondary N) is 2. The van der Waals surface area contributed by atoms with E-state index in [1.165, 1.54) is 11.3 Å². The molecule has 1 aliphatic carbocycles. The van der Waals surface area contributed by atoms with Crippen molar-refractivity contribution in [1.82, 2.24) is 10.3 Å². The average Bonchev–Trinajstić information content (AvgIpc) is 3.46. The minimum Gasteiger partial charge on any atom is -0.497 e. The molecule has 0 radical (unpaired) electrons. The Labute approximate surface area is 179 Å². The maximum absolute atomic E-state index is 12.8. The minimum atomic E-state index is -0.341. The summed E-state index contributed by atoms with van der Waals surface area (Å²) in [7, 11) is 1.62. The summed E-state index contributed by atoms with van der Waals surface area (Å²) in [5.41, 5.74) is 2.17.